The van der Waals surface area contributed by atoms with Crippen LogP contribution in [0.25, 0.3) is 0 Å². The topological polar surface area (TPSA) is 65.1 Å². The zero-order valence-electron chi connectivity index (χ0n) is 12.4. The van der Waals surface area contributed by atoms with Crippen molar-refractivity contribution in [2.24, 2.45) is 0 Å². The van der Waals surface area contributed by atoms with Crippen LogP contribution in [0.4, 0.5) is 0 Å². The minimum absolute atomic E-state index is 0.126. The van der Waals surface area contributed by atoms with Gasteiger partial charge in [-0.15, -0.1) is 0 Å². The lowest BCUT2D eigenvalue weighted by molar-refractivity contribution is -0.131. The van der Waals surface area contributed by atoms with Crippen LogP contribution in [0.1, 0.15) is 23.7 Å². The molecule has 1 unspecified atom stereocenters. The molecule has 1 atom stereocenters. The Morgan fingerprint density at radius 2 is 2.05 bits per heavy atom. The number of nitrogens with zero attached hydrogens (tertiary/aromatic N) is 1. The molecule has 6 heteroatoms. The molecule has 1 aromatic rings. The van der Waals surface area contributed by atoms with Gasteiger partial charge in [0.2, 0.25) is 12.7 Å². The second-order valence-electron chi connectivity index (χ2n) is 4.86. The van der Waals surface area contributed by atoms with Gasteiger partial charge in [-0.1, -0.05) is 0 Å². The minimum Gasteiger partial charge on any atom is -0.454 e. The van der Waals surface area contributed by atoms with Crippen molar-refractivity contribution in [1.82, 2.24) is 4.90 Å². The Morgan fingerprint density at radius 1 is 1.33 bits per heavy atom. The van der Waals surface area contributed by atoms with Crippen molar-refractivity contribution in [2.45, 2.75) is 19.4 Å². The van der Waals surface area contributed by atoms with Gasteiger partial charge in [0, 0.05) is 19.7 Å². The zero-order chi connectivity index (χ0) is 15.4. The number of hydrogen-bond donors (Lipinski definition) is 0. The average molecular weight is 293 g/mol. The van der Waals surface area contributed by atoms with Crippen LogP contribution in [-0.4, -0.2) is 50.2 Å². The first-order valence-corrected chi connectivity index (χ1v) is 6.73. The number of likely N-dealkylation sites (N-methyl/N-ethyl adjacent to an activating group) is 1. The second kappa shape index (κ2) is 6.58. The molecular weight excluding hydrogens is 274 g/mol. The fraction of sp³-hybridized carbons (Fsp3) is 0.467. The smallest absolute Gasteiger partial charge is 0.231 e. The van der Waals surface area contributed by atoms with Crippen LogP contribution < -0.4 is 9.47 Å². The number of fused-ring (bicyclic) bond motifs is 1. The van der Waals surface area contributed by atoms with Crippen LogP contribution >= 0.6 is 0 Å². The Morgan fingerprint density at radius 3 is 2.76 bits per heavy atom. The van der Waals surface area contributed by atoms with Gasteiger partial charge in [0.25, 0.3) is 0 Å². The highest BCUT2D eigenvalue weighted by molar-refractivity contribution is 6.02. The molecule has 1 amide bonds. The third kappa shape index (κ3) is 3.33. The Kier molecular flexibility index (Phi) is 4.80. The number of ether oxygens (including phenoxy) is 3. The lowest BCUT2D eigenvalue weighted by Gasteiger charge is -2.24. The van der Waals surface area contributed by atoms with Gasteiger partial charge < -0.3 is 19.1 Å². The number of hydrogen-bond acceptors (Lipinski definition) is 5. The van der Waals surface area contributed by atoms with E-state index in [-0.39, 0.29) is 24.9 Å². The summed E-state index contributed by atoms with van der Waals surface area (Å²) in [5.74, 6) is 0.921. The summed E-state index contributed by atoms with van der Waals surface area (Å²) < 4.78 is 15.3. The van der Waals surface area contributed by atoms with Gasteiger partial charge >= 0.3 is 0 Å². The molecule has 0 saturated carbocycles. The van der Waals surface area contributed by atoms with E-state index in [1.807, 2.05) is 0 Å². The van der Waals surface area contributed by atoms with Crippen LogP contribution in [0.5, 0.6) is 11.5 Å². The quantitative estimate of drug-likeness (QED) is 0.743. The van der Waals surface area contributed by atoms with Crippen molar-refractivity contribution in [3.05, 3.63) is 23.8 Å². The normalized spacial score (nSPS) is 13.9. The zero-order valence-corrected chi connectivity index (χ0v) is 12.4. The van der Waals surface area contributed by atoms with Gasteiger partial charge in [-0.3, -0.25) is 9.59 Å². The molecule has 0 aliphatic carbocycles. The molecule has 21 heavy (non-hydrogen) atoms. The highest BCUT2D eigenvalue weighted by atomic mass is 16.7. The Bertz CT molecular complexity index is 543. The second-order valence-corrected chi connectivity index (χ2v) is 4.86. The molecule has 0 saturated heterocycles. The molecule has 1 aromatic carbocycles. The van der Waals surface area contributed by atoms with Gasteiger partial charge in [-0.2, -0.15) is 0 Å². The van der Waals surface area contributed by atoms with Crippen molar-refractivity contribution in [3.63, 3.8) is 0 Å². The van der Waals surface area contributed by atoms with Gasteiger partial charge in [0.05, 0.1) is 19.1 Å². The molecule has 0 bridgehead atoms. The summed E-state index contributed by atoms with van der Waals surface area (Å²) in [6, 6.07) is 4.48. The Balaban J connectivity index is 2.06. The van der Waals surface area contributed by atoms with Crippen molar-refractivity contribution in [1.29, 1.82) is 0 Å². The predicted molar refractivity (Wildman–Crippen MR) is 75.6 cm³/mol. The molecule has 0 N–H and O–H groups in total. The molecule has 1 aliphatic heterocycles. The summed E-state index contributed by atoms with van der Waals surface area (Å²) in [6.07, 6.45) is 0.256. The van der Waals surface area contributed by atoms with Gasteiger partial charge in [0.15, 0.2) is 17.3 Å². The van der Waals surface area contributed by atoms with Crippen molar-refractivity contribution < 1.29 is 23.8 Å². The minimum atomic E-state index is -0.547. The highest BCUT2D eigenvalue weighted by Gasteiger charge is 2.25. The molecule has 0 spiro atoms. The molecule has 114 valence electrons. The van der Waals surface area contributed by atoms with Gasteiger partial charge in [-0.25, -0.2) is 0 Å². The summed E-state index contributed by atoms with van der Waals surface area (Å²) in [6.45, 7) is 2.21. The lowest BCUT2D eigenvalue weighted by Crippen LogP contribution is -2.40. The number of carbonyl (C=O) groups excluding carboxylic acids is 2. The highest BCUT2D eigenvalue weighted by Crippen LogP contribution is 2.32. The largest absolute Gasteiger partial charge is 0.454 e. The van der Waals surface area contributed by atoms with Crippen LogP contribution in [0.2, 0.25) is 0 Å². The van der Waals surface area contributed by atoms with Crippen LogP contribution in [0, 0.1) is 0 Å². The van der Waals surface area contributed by atoms with E-state index in [2.05, 4.69) is 0 Å². The van der Waals surface area contributed by atoms with E-state index in [0.29, 0.717) is 23.7 Å². The molecule has 1 aliphatic rings. The summed E-state index contributed by atoms with van der Waals surface area (Å²) in [4.78, 5) is 25.8. The van der Waals surface area contributed by atoms with Crippen molar-refractivity contribution in [2.75, 3.05) is 27.6 Å². The van der Waals surface area contributed by atoms with E-state index in [0.717, 1.165) is 0 Å². The Labute approximate surface area is 123 Å². The third-order valence-electron chi connectivity index (χ3n) is 3.53. The van der Waals surface area contributed by atoms with E-state index in [1.165, 1.54) is 12.0 Å². The van der Waals surface area contributed by atoms with Gasteiger partial charge in [0.1, 0.15) is 0 Å². The summed E-state index contributed by atoms with van der Waals surface area (Å²) in [5, 5.41) is 0. The molecule has 0 aromatic heterocycles. The average Bonchev–Trinajstić information content (AvgIpc) is 2.97. The predicted octanol–water partition coefficient (Wildman–Crippen LogP) is 1.48. The van der Waals surface area contributed by atoms with Crippen molar-refractivity contribution >= 4 is 11.7 Å². The number of rotatable bonds is 6. The molecule has 1 heterocycles. The molecular formula is C15H19NO5. The van der Waals surface area contributed by atoms with Crippen LogP contribution in [0.15, 0.2) is 18.2 Å². The van der Waals surface area contributed by atoms with E-state index >= 15 is 0 Å². The maximum atomic E-state index is 12.4. The number of benzene rings is 1. The van der Waals surface area contributed by atoms with Crippen LogP contribution in [-0.2, 0) is 9.53 Å². The first-order chi connectivity index (χ1) is 10.0. The molecule has 0 fully saturated rings. The number of amides is 1. The monoisotopic (exact) mass is 293 g/mol. The van der Waals surface area contributed by atoms with E-state index in [1.54, 1.807) is 32.2 Å². The van der Waals surface area contributed by atoms with Crippen LogP contribution in [0.3, 0.4) is 0 Å². The molecule has 6 nitrogen and oxygen atoms in total. The number of Topliss-reactive ketones (excluding diaryl/α,β-unsaturated/α-hetero) is 1. The summed E-state index contributed by atoms with van der Waals surface area (Å²) in [5.41, 5.74) is 0.498. The number of carbonyl (C=O) groups is 2. The SMILES string of the molecule is COCCC(=O)N(C)C(C)C(=O)c1ccc2c(c1)OCO2. The van der Waals surface area contributed by atoms with E-state index in [9.17, 15) is 9.59 Å². The third-order valence-corrected chi connectivity index (χ3v) is 3.53. The van der Waals surface area contributed by atoms with E-state index < -0.39 is 6.04 Å². The lowest BCUT2D eigenvalue weighted by atomic mass is 10.0. The first-order valence-electron chi connectivity index (χ1n) is 6.73. The molecule has 2 rings (SSSR count). The fourth-order valence-corrected chi connectivity index (χ4v) is 2.05. The maximum absolute atomic E-state index is 12.4. The maximum Gasteiger partial charge on any atom is 0.231 e. The van der Waals surface area contributed by atoms with Gasteiger partial charge in [-0.05, 0) is 25.1 Å². The van der Waals surface area contributed by atoms with E-state index in [4.69, 9.17) is 14.2 Å². The number of methoxy groups -OCH3 is 1. The summed E-state index contributed by atoms with van der Waals surface area (Å²) >= 11 is 0. The molecule has 0 radical (unpaired) electrons. The number of ketones is 1. The standard InChI is InChI=1S/C15H19NO5/c1-10(16(2)14(17)6-7-19-3)15(18)11-4-5-12-13(8-11)21-9-20-12/h4-5,8,10H,6-7,9H2,1-3H3. The van der Waals surface area contributed by atoms with Crippen molar-refractivity contribution in [3.8, 4) is 11.5 Å². The fourth-order valence-electron chi connectivity index (χ4n) is 2.05. The Hall–Kier alpha value is -2.08. The summed E-state index contributed by atoms with van der Waals surface area (Å²) in [7, 11) is 3.15. The first kappa shape index (κ1) is 15.3.